The molecule has 1 heteroatoms. The Bertz CT molecular complexity index is 636. The van der Waals surface area contributed by atoms with Gasteiger partial charge in [-0.25, -0.2) is 0 Å². The van der Waals surface area contributed by atoms with E-state index in [1.807, 2.05) is 0 Å². The van der Waals surface area contributed by atoms with Crippen molar-refractivity contribution in [3.05, 3.63) is 59.2 Å². The monoisotopic (exact) mass is 249 g/mol. The average Bonchev–Trinajstić information content (AvgIpc) is 2.71. The van der Waals surface area contributed by atoms with Crippen LogP contribution >= 0.6 is 0 Å². The highest BCUT2D eigenvalue weighted by atomic mass is 14.9. The summed E-state index contributed by atoms with van der Waals surface area (Å²) in [6, 6.07) is 15.9. The summed E-state index contributed by atoms with van der Waals surface area (Å²) >= 11 is 0. The first kappa shape index (κ1) is 11.2. The van der Waals surface area contributed by atoms with Crippen molar-refractivity contribution in [3.63, 3.8) is 0 Å². The number of fused-ring (bicyclic) bond motifs is 5. The minimum Gasteiger partial charge on any atom is -0.316 e. The van der Waals surface area contributed by atoms with Gasteiger partial charge in [-0.1, -0.05) is 48.0 Å². The van der Waals surface area contributed by atoms with Gasteiger partial charge in [0.2, 0.25) is 0 Å². The summed E-state index contributed by atoms with van der Waals surface area (Å²) in [6.45, 7) is 4.44. The Hall–Kier alpha value is -1.60. The van der Waals surface area contributed by atoms with E-state index in [9.17, 15) is 0 Å². The van der Waals surface area contributed by atoms with Crippen molar-refractivity contribution in [1.82, 2.24) is 5.32 Å². The quantitative estimate of drug-likeness (QED) is 0.751. The molecule has 1 saturated heterocycles. The van der Waals surface area contributed by atoms with Crippen molar-refractivity contribution in [2.24, 2.45) is 0 Å². The molecule has 4 rings (SSSR count). The molecule has 0 aromatic heterocycles. The summed E-state index contributed by atoms with van der Waals surface area (Å²) in [5.41, 5.74) is 7.56. The lowest BCUT2D eigenvalue weighted by Crippen LogP contribution is -2.42. The molecule has 0 bridgehead atoms. The number of aryl methyl sites for hydroxylation is 1. The van der Waals surface area contributed by atoms with Crippen molar-refractivity contribution >= 4 is 0 Å². The van der Waals surface area contributed by atoms with Crippen LogP contribution in [-0.4, -0.2) is 13.1 Å². The molecule has 2 aromatic rings. The number of nitrogens with one attached hydrogen (secondary N) is 1. The molecule has 1 N–H and O–H groups in total. The summed E-state index contributed by atoms with van der Waals surface area (Å²) in [7, 11) is 0. The Balaban J connectivity index is 2.03. The van der Waals surface area contributed by atoms with Crippen molar-refractivity contribution in [1.29, 1.82) is 0 Å². The third kappa shape index (κ3) is 1.45. The fraction of sp³-hybridized carbons (Fsp3) is 0.333. The van der Waals surface area contributed by atoms with E-state index in [2.05, 4.69) is 54.7 Å². The topological polar surface area (TPSA) is 12.0 Å². The zero-order valence-electron chi connectivity index (χ0n) is 11.4. The van der Waals surface area contributed by atoms with E-state index in [0.29, 0.717) is 0 Å². The first-order chi connectivity index (χ1) is 9.31. The maximum atomic E-state index is 3.62. The second-order valence-corrected chi connectivity index (χ2v) is 5.96. The lowest BCUT2D eigenvalue weighted by Gasteiger charge is -2.36. The molecule has 1 unspecified atom stereocenters. The molecule has 1 fully saturated rings. The third-order valence-electron chi connectivity index (χ3n) is 4.81. The van der Waals surface area contributed by atoms with Gasteiger partial charge in [0.15, 0.2) is 0 Å². The second-order valence-electron chi connectivity index (χ2n) is 5.96. The van der Waals surface area contributed by atoms with E-state index in [1.165, 1.54) is 35.1 Å². The van der Waals surface area contributed by atoms with Crippen LogP contribution in [-0.2, 0) is 5.41 Å². The zero-order valence-corrected chi connectivity index (χ0v) is 11.4. The number of rotatable bonds is 0. The van der Waals surface area contributed by atoms with Gasteiger partial charge in [-0.15, -0.1) is 0 Å². The van der Waals surface area contributed by atoms with E-state index >= 15 is 0 Å². The summed E-state index contributed by atoms with van der Waals surface area (Å²) in [4.78, 5) is 0. The van der Waals surface area contributed by atoms with Crippen LogP contribution < -0.4 is 5.32 Å². The van der Waals surface area contributed by atoms with Crippen LogP contribution in [0.15, 0.2) is 42.5 Å². The fourth-order valence-corrected chi connectivity index (χ4v) is 3.93. The standard InChI is InChI=1S/C18H19N/c1-13-7-8-15-14-5-2-3-6-16(14)18(17(15)11-13)9-4-10-19-12-18/h2-3,5-8,11,19H,4,9-10,12H2,1H3. The molecule has 1 aliphatic heterocycles. The molecule has 1 spiro atoms. The van der Waals surface area contributed by atoms with Crippen LogP contribution in [0.4, 0.5) is 0 Å². The molecule has 1 nitrogen and oxygen atoms in total. The van der Waals surface area contributed by atoms with Crippen LogP contribution in [0.5, 0.6) is 0 Å². The lowest BCUT2D eigenvalue weighted by molar-refractivity contribution is 0.372. The van der Waals surface area contributed by atoms with Gasteiger partial charge in [-0.2, -0.15) is 0 Å². The van der Waals surface area contributed by atoms with Gasteiger partial charge in [0, 0.05) is 12.0 Å². The molecule has 0 saturated carbocycles. The zero-order chi connectivity index (χ0) is 12.9. The molecule has 1 atom stereocenters. The Morgan fingerprint density at radius 3 is 2.68 bits per heavy atom. The van der Waals surface area contributed by atoms with E-state index in [-0.39, 0.29) is 5.41 Å². The lowest BCUT2D eigenvalue weighted by atomic mass is 9.72. The molecule has 1 heterocycles. The van der Waals surface area contributed by atoms with Gasteiger partial charge < -0.3 is 5.32 Å². The van der Waals surface area contributed by atoms with Gasteiger partial charge in [-0.05, 0) is 48.6 Å². The number of hydrogen-bond donors (Lipinski definition) is 1. The van der Waals surface area contributed by atoms with Crippen LogP contribution in [0.1, 0.15) is 29.5 Å². The van der Waals surface area contributed by atoms with E-state index in [4.69, 9.17) is 0 Å². The Morgan fingerprint density at radius 1 is 1.00 bits per heavy atom. The largest absolute Gasteiger partial charge is 0.316 e. The Kier molecular flexibility index (Phi) is 2.33. The van der Waals surface area contributed by atoms with Gasteiger partial charge in [0.25, 0.3) is 0 Å². The highest BCUT2D eigenvalue weighted by Crippen LogP contribution is 2.51. The molecule has 1 aliphatic carbocycles. The highest BCUT2D eigenvalue weighted by Gasteiger charge is 2.43. The minimum absolute atomic E-state index is 0.218. The van der Waals surface area contributed by atoms with Crippen molar-refractivity contribution < 1.29 is 0 Å². The van der Waals surface area contributed by atoms with Crippen LogP contribution in [0.25, 0.3) is 11.1 Å². The van der Waals surface area contributed by atoms with E-state index < -0.39 is 0 Å². The first-order valence-corrected chi connectivity index (χ1v) is 7.23. The van der Waals surface area contributed by atoms with Gasteiger partial charge in [0.05, 0.1) is 0 Å². The third-order valence-corrected chi connectivity index (χ3v) is 4.81. The maximum absolute atomic E-state index is 3.62. The molecule has 96 valence electrons. The maximum Gasteiger partial charge on any atom is 0.0340 e. The van der Waals surface area contributed by atoms with Gasteiger partial charge in [0.1, 0.15) is 0 Å². The second kappa shape index (κ2) is 3.94. The molecule has 19 heavy (non-hydrogen) atoms. The van der Waals surface area contributed by atoms with Crippen LogP contribution in [0.3, 0.4) is 0 Å². The van der Waals surface area contributed by atoms with E-state index in [1.54, 1.807) is 5.56 Å². The van der Waals surface area contributed by atoms with Gasteiger partial charge >= 0.3 is 0 Å². The predicted molar refractivity (Wildman–Crippen MR) is 79.5 cm³/mol. The SMILES string of the molecule is Cc1ccc2c(c1)C1(CCCNC1)c1ccccc1-2. The average molecular weight is 249 g/mol. The predicted octanol–water partition coefficient (Wildman–Crippen LogP) is 3.64. The van der Waals surface area contributed by atoms with Crippen molar-refractivity contribution in [2.45, 2.75) is 25.2 Å². The normalized spacial score (nSPS) is 24.3. The smallest absolute Gasteiger partial charge is 0.0340 e. The molecular weight excluding hydrogens is 230 g/mol. The summed E-state index contributed by atoms with van der Waals surface area (Å²) in [6.07, 6.45) is 2.54. The number of benzene rings is 2. The summed E-state index contributed by atoms with van der Waals surface area (Å²) in [5, 5.41) is 3.62. The number of piperidine rings is 1. The van der Waals surface area contributed by atoms with E-state index in [0.717, 1.165) is 13.1 Å². The van der Waals surface area contributed by atoms with Crippen LogP contribution in [0.2, 0.25) is 0 Å². The van der Waals surface area contributed by atoms with Gasteiger partial charge in [-0.3, -0.25) is 0 Å². The summed E-state index contributed by atoms with van der Waals surface area (Å²) < 4.78 is 0. The van der Waals surface area contributed by atoms with Crippen molar-refractivity contribution in [3.8, 4) is 11.1 Å². The first-order valence-electron chi connectivity index (χ1n) is 7.23. The van der Waals surface area contributed by atoms with Crippen molar-refractivity contribution in [2.75, 3.05) is 13.1 Å². The fourth-order valence-electron chi connectivity index (χ4n) is 3.93. The number of hydrogen-bond acceptors (Lipinski definition) is 1. The molecule has 2 aromatic carbocycles. The molecule has 0 amide bonds. The highest BCUT2D eigenvalue weighted by molar-refractivity contribution is 5.81. The molecule has 0 radical (unpaired) electrons. The van der Waals surface area contributed by atoms with Crippen LogP contribution in [0, 0.1) is 6.92 Å². The Morgan fingerprint density at radius 2 is 1.84 bits per heavy atom. The minimum atomic E-state index is 0.218. The Labute approximate surface area is 114 Å². The molecular formula is C18H19N. The summed E-state index contributed by atoms with van der Waals surface area (Å²) in [5.74, 6) is 0. The molecule has 2 aliphatic rings.